The summed E-state index contributed by atoms with van der Waals surface area (Å²) in [7, 11) is -1.02. The molecule has 0 fully saturated rings. The zero-order valence-electron chi connectivity index (χ0n) is 18.3. The minimum Gasteiger partial charge on any atom is -0.494 e. The fourth-order valence-corrected chi connectivity index (χ4v) is 4.90. The van der Waals surface area contributed by atoms with Gasteiger partial charge in [-0.1, -0.05) is 13.8 Å². The van der Waals surface area contributed by atoms with Gasteiger partial charge in [-0.05, 0) is 55.3 Å². The molecule has 8 nitrogen and oxygen atoms in total. The van der Waals surface area contributed by atoms with Crippen molar-refractivity contribution in [2.75, 3.05) is 10.9 Å². The van der Waals surface area contributed by atoms with Gasteiger partial charge in [0.1, 0.15) is 5.75 Å². The van der Waals surface area contributed by atoms with Crippen LogP contribution in [0.15, 0.2) is 52.2 Å². The highest BCUT2D eigenvalue weighted by atomic mass is 32.2. The van der Waals surface area contributed by atoms with E-state index >= 15 is 0 Å². The number of aromatic nitrogens is 2. The molecule has 0 atom stereocenters. The quantitative estimate of drug-likeness (QED) is 0.558. The summed E-state index contributed by atoms with van der Waals surface area (Å²) in [5.74, 6) is 0.0344. The molecule has 0 aliphatic carbocycles. The number of aryl methyl sites for hydroxylation is 2. The highest BCUT2D eigenvalue weighted by molar-refractivity contribution is 7.93. The van der Waals surface area contributed by atoms with Gasteiger partial charge in [0.25, 0.3) is 10.0 Å². The molecule has 0 aliphatic heterocycles. The van der Waals surface area contributed by atoms with Gasteiger partial charge in [0.15, 0.2) is 0 Å². The van der Waals surface area contributed by atoms with Crippen LogP contribution in [0.2, 0.25) is 0 Å². The van der Waals surface area contributed by atoms with Crippen LogP contribution in [0, 0.1) is 5.92 Å². The van der Waals surface area contributed by atoms with Crippen molar-refractivity contribution >= 4 is 32.7 Å². The van der Waals surface area contributed by atoms with Gasteiger partial charge in [-0.2, -0.15) is 0 Å². The molecule has 0 bridgehead atoms. The summed E-state index contributed by atoms with van der Waals surface area (Å²) < 4.78 is 36.3. The Bertz CT molecular complexity index is 1270. The Hall–Kier alpha value is -3.07. The van der Waals surface area contributed by atoms with E-state index < -0.39 is 15.9 Å². The number of hydrogen-bond acceptors (Lipinski definition) is 5. The van der Waals surface area contributed by atoms with Crippen molar-refractivity contribution in [3.05, 3.63) is 52.9 Å². The van der Waals surface area contributed by atoms with E-state index in [4.69, 9.17) is 4.74 Å². The number of carbonyl (C=O) groups excluding carboxylic acids is 1. The number of imidazole rings is 1. The van der Waals surface area contributed by atoms with Crippen LogP contribution in [0.1, 0.15) is 27.2 Å². The van der Waals surface area contributed by atoms with E-state index in [9.17, 15) is 18.0 Å². The zero-order valence-corrected chi connectivity index (χ0v) is 19.1. The average molecular weight is 446 g/mol. The van der Waals surface area contributed by atoms with Crippen LogP contribution >= 0.6 is 0 Å². The van der Waals surface area contributed by atoms with Gasteiger partial charge in [0.2, 0.25) is 5.91 Å². The molecule has 0 radical (unpaired) electrons. The largest absolute Gasteiger partial charge is 0.494 e. The second-order valence-electron chi connectivity index (χ2n) is 7.74. The number of nitrogens with zero attached hydrogens (tertiary/aromatic N) is 3. The third kappa shape index (κ3) is 4.23. The van der Waals surface area contributed by atoms with E-state index in [0.717, 1.165) is 4.31 Å². The molecule has 0 aliphatic rings. The normalized spacial score (nSPS) is 11.8. The lowest BCUT2D eigenvalue weighted by molar-refractivity contribution is -0.118. The summed E-state index contributed by atoms with van der Waals surface area (Å²) in [6, 6.07) is 10.8. The molecule has 31 heavy (non-hydrogen) atoms. The van der Waals surface area contributed by atoms with Gasteiger partial charge in [-0.15, -0.1) is 0 Å². The smallest absolute Gasteiger partial charge is 0.328 e. The van der Waals surface area contributed by atoms with Gasteiger partial charge < -0.3 is 4.74 Å². The fourth-order valence-electron chi connectivity index (χ4n) is 3.45. The lowest BCUT2D eigenvalue weighted by Crippen LogP contribution is -2.37. The maximum atomic E-state index is 13.6. The monoisotopic (exact) mass is 445 g/mol. The lowest BCUT2D eigenvalue weighted by atomic mass is 10.1. The maximum Gasteiger partial charge on any atom is 0.328 e. The number of benzene rings is 2. The molecule has 1 amide bonds. The van der Waals surface area contributed by atoms with E-state index in [1.165, 1.54) is 21.3 Å². The van der Waals surface area contributed by atoms with Crippen LogP contribution in [-0.4, -0.2) is 30.1 Å². The molecule has 3 rings (SSSR count). The first-order valence-corrected chi connectivity index (χ1v) is 11.5. The Morgan fingerprint density at radius 1 is 1.03 bits per heavy atom. The zero-order chi connectivity index (χ0) is 22.9. The summed E-state index contributed by atoms with van der Waals surface area (Å²) in [6.45, 7) is 6.03. The molecule has 9 heteroatoms. The number of carbonyl (C=O) groups is 1. The number of amides is 1. The molecule has 2 aromatic carbocycles. The van der Waals surface area contributed by atoms with Crippen LogP contribution in [0.25, 0.3) is 11.0 Å². The predicted molar refractivity (Wildman–Crippen MR) is 120 cm³/mol. The summed E-state index contributed by atoms with van der Waals surface area (Å²) in [5.41, 5.74) is 1.05. The van der Waals surface area contributed by atoms with Crippen molar-refractivity contribution in [2.45, 2.75) is 32.1 Å². The van der Waals surface area contributed by atoms with E-state index in [1.54, 1.807) is 44.4 Å². The third-order valence-corrected chi connectivity index (χ3v) is 6.72. The summed E-state index contributed by atoms with van der Waals surface area (Å²) in [5, 5.41) is 0. The van der Waals surface area contributed by atoms with Gasteiger partial charge in [-0.25, -0.2) is 17.5 Å². The number of rotatable bonds is 7. The van der Waals surface area contributed by atoms with Crippen molar-refractivity contribution in [3.8, 4) is 5.75 Å². The number of anilines is 1. The average Bonchev–Trinajstić information content (AvgIpc) is 2.93. The van der Waals surface area contributed by atoms with Crippen molar-refractivity contribution < 1.29 is 17.9 Å². The fraction of sp³-hybridized carbons (Fsp3) is 0.364. The predicted octanol–water partition coefficient (Wildman–Crippen LogP) is 3.04. The minimum absolute atomic E-state index is 0.0228. The van der Waals surface area contributed by atoms with Gasteiger partial charge in [-0.3, -0.25) is 13.9 Å². The topological polar surface area (TPSA) is 90.6 Å². The number of fused-ring (bicyclic) bond motifs is 1. The number of sulfonamides is 1. The highest BCUT2D eigenvalue weighted by Gasteiger charge is 2.32. The molecule has 0 saturated heterocycles. The Morgan fingerprint density at radius 2 is 1.65 bits per heavy atom. The SMILES string of the molecule is CCOc1ccc(N(C(=O)CC(C)C)S(=O)(=O)c2ccc3c(c2)n(C)c(=O)n3C)cc1. The molecule has 1 aromatic heterocycles. The Morgan fingerprint density at radius 3 is 2.23 bits per heavy atom. The molecular weight excluding hydrogens is 418 g/mol. The first-order chi connectivity index (χ1) is 14.6. The molecule has 166 valence electrons. The maximum absolute atomic E-state index is 13.6. The molecule has 0 N–H and O–H groups in total. The molecular formula is C22H27N3O5S. The summed E-state index contributed by atoms with van der Waals surface area (Å²) in [6.07, 6.45) is 0.0680. The number of hydrogen-bond donors (Lipinski definition) is 0. The Kier molecular flexibility index (Phi) is 6.26. The van der Waals surface area contributed by atoms with Crippen LogP contribution < -0.4 is 14.7 Å². The van der Waals surface area contributed by atoms with Gasteiger partial charge in [0.05, 0.1) is 28.2 Å². The molecule has 1 heterocycles. The molecule has 0 saturated carbocycles. The summed E-state index contributed by atoms with van der Waals surface area (Å²) >= 11 is 0. The van der Waals surface area contributed by atoms with E-state index in [1.807, 2.05) is 20.8 Å². The van der Waals surface area contributed by atoms with Crippen molar-refractivity contribution in [1.29, 1.82) is 0 Å². The van der Waals surface area contributed by atoms with Gasteiger partial charge in [0, 0.05) is 20.5 Å². The van der Waals surface area contributed by atoms with Crippen molar-refractivity contribution in [2.24, 2.45) is 20.0 Å². The Labute approximate surface area is 181 Å². The molecule has 0 unspecified atom stereocenters. The molecule has 3 aromatic rings. The van der Waals surface area contributed by atoms with Crippen molar-refractivity contribution in [3.63, 3.8) is 0 Å². The van der Waals surface area contributed by atoms with Crippen LogP contribution in [0.3, 0.4) is 0 Å². The summed E-state index contributed by atoms with van der Waals surface area (Å²) in [4.78, 5) is 25.2. The minimum atomic E-state index is -4.22. The second-order valence-corrected chi connectivity index (χ2v) is 9.53. The number of ether oxygens (including phenoxy) is 1. The van der Waals surface area contributed by atoms with E-state index in [-0.39, 0.29) is 28.6 Å². The van der Waals surface area contributed by atoms with E-state index in [0.29, 0.717) is 23.4 Å². The van der Waals surface area contributed by atoms with Gasteiger partial charge >= 0.3 is 5.69 Å². The van der Waals surface area contributed by atoms with Crippen LogP contribution in [0.5, 0.6) is 5.75 Å². The second kappa shape index (κ2) is 8.58. The highest BCUT2D eigenvalue weighted by Crippen LogP contribution is 2.29. The van der Waals surface area contributed by atoms with E-state index in [2.05, 4.69) is 0 Å². The molecule has 0 spiro atoms. The first kappa shape index (κ1) is 22.6. The Balaban J connectivity index is 2.15. The van der Waals surface area contributed by atoms with Crippen molar-refractivity contribution in [1.82, 2.24) is 9.13 Å². The van der Waals surface area contributed by atoms with Crippen LogP contribution in [0.4, 0.5) is 5.69 Å². The third-order valence-electron chi connectivity index (χ3n) is 4.97. The standard InChI is InChI=1S/C22H27N3O5S/c1-6-30-17-9-7-16(8-10-17)25(21(26)13-15(2)3)31(28,29)18-11-12-19-20(14-18)24(5)22(27)23(19)4/h7-12,14-15H,6,13H2,1-5H3. The lowest BCUT2D eigenvalue weighted by Gasteiger charge is -2.24. The van der Waals surface area contributed by atoms with Crippen LogP contribution in [-0.2, 0) is 28.9 Å². The first-order valence-electron chi connectivity index (χ1n) is 10.0.